The fourth-order valence-electron chi connectivity index (χ4n) is 3.67. The topological polar surface area (TPSA) is 90.1 Å². The zero-order valence-electron chi connectivity index (χ0n) is 17.6. The Morgan fingerprint density at radius 3 is 2.70 bits per heavy atom. The molecular formula is C23H27N5O2. The number of carbonyl (C=O) groups is 2. The first-order valence-electron chi connectivity index (χ1n) is 10.4. The summed E-state index contributed by atoms with van der Waals surface area (Å²) in [5.41, 5.74) is 4.07. The summed E-state index contributed by atoms with van der Waals surface area (Å²) < 4.78 is 0. The molecule has 0 unspecified atom stereocenters. The van der Waals surface area contributed by atoms with Gasteiger partial charge in [0.2, 0.25) is 5.91 Å². The quantitative estimate of drug-likeness (QED) is 0.558. The Morgan fingerprint density at radius 2 is 2.03 bits per heavy atom. The van der Waals surface area contributed by atoms with Gasteiger partial charge in [0, 0.05) is 41.8 Å². The summed E-state index contributed by atoms with van der Waals surface area (Å²) in [6.07, 6.45) is 2.05. The summed E-state index contributed by atoms with van der Waals surface area (Å²) in [4.78, 5) is 34.5. The summed E-state index contributed by atoms with van der Waals surface area (Å²) in [5.74, 6) is 0.559. The van der Waals surface area contributed by atoms with Gasteiger partial charge in [0.05, 0.1) is 17.8 Å². The molecule has 1 saturated carbocycles. The Morgan fingerprint density at radius 1 is 1.23 bits per heavy atom. The van der Waals surface area contributed by atoms with Crippen LogP contribution in [0.15, 0.2) is 36.4 Å². The minimum atomic E-state index is -0.0879. The van der Waals surface area contributed by atoms with Crippen LogP contribution < -0.4 is 15.5 Å². The molecular weight excluding hydrogens is 378 g/mol. The average Bonchev–Trinajstić information content (AvgIpc) is 3.44. The summed E-state index contributed by atoms with van der Waals surface area (Å²) in [6.45, 7) is 6.53. The largest absolute Gasteiger partial charge is 0.365 e. The van der Waals surface area contributed by atoms with Gasteiger partial charge in [-0.3, -0.25) is 14.6 Å². The first-order valence-corrected chi connectivity index (χ1v) is 10.4. The third-order valence-corrected chi connectivity index (χ3v) is 5.32. The molecule has 2 amide bonds. The van der Waals surface area contributed by atoms with Crippen molar-refractivity contribution in [1.29, 1.82) is 0 Å². The van der Waals surface area contributed by atoms with Gasteiger partial charge in [-0.25, -0.2) is 0 Å². The van der Waals surface area contributed by atoms with Crippen molar-refractivity contribution in [1.82, 2.24) is 15.3 Å². The Balaban J connectivity index is 1.70. The molecule has 30 heavy (non-hydrogen) atoms. The molecule has 3 aromatic rings. The van der Waals surface area contributed by atoms with Crippen molar-refractivity contribution in [3.05, 3.63) is 53.3 Å². The Kier molecular flexibility index (Phi) is 5.44. The minimum Gasteiger partial charge on any atom is -0.365 e. The van der Waals surface area contributed by atoms with Crippen molar-refractivity contribution in [3.63, 3.8) is 0 Å². The van der Waals surface area contributed by atoms with Crippen LogP contribution in [0.4, 0.5) is 11.5 Å². The molecule has 1 aliphatic rings. The highest BCUT2D eigenvalue weighted by atomic mass is 16.2. The van der Waals surface area contributed by atoms with Crippen molar-refractivity contribution in [2.75, 3.05) is 16.8 Å². The second-order valence-electron chi connectivity index (χ2n) is 7.74. The highest BCUT2D eigenvalue weighted by Gasteiger charge is 2.27. The normalized spacial score (nSPS) is 13.3. The van der Waals surface area contributed by atoms with Gasteiger partial charge in [-0.05, 0) is 57.0 Å². The number of carbonyl (C=O) groups excluding carboxylic acids is 2. The predicted octanol–water partition coefficient (Wildman–Crippen LogP) is 3.75. The molecule has 156 valence electrons. The number of aromatic amines is 1. The molecule has 4 rings (SSSR count). The van der Waals surface area contributed by atoms with E-state index in [9.17, 15) is 9.59 Å². The van der Waals surface area contributed by atoms with Crippen molar-refractivity contribution in [2.24, 2.45) is 0 Å². The van der Waals surface area contributed by atoms with Gasteiger partial charge in [0.25, 0.3) is 5.91 Å². The van der Waals surface area contributed by atoms with Crippen LogP contribution in [0.5, 0.6) is 0 Å². The standard InChI is InChI=1S/C23H27N5O2/c1-4-28(15(3)29)18-10-11-19-20(12-18)27-22(21(19)23(30)26-16-8-9-16)24-13-17-7-5-6-14(2)25-17/h5-7,10-12,16,24,27H,4,8-9,13H2,1-3H3,(H,26,30). The van der Waals surface area contributed by atoms with Crippen molar-refractivity contribution in [2.45, 2.75) is 46.2 Å². The lowest BCUT2D eigenvalue weighted by atomic mass is 10.1. The maximum Gasteiger partial charge on any atom is 0.255 e. The zero-order valence-corrected chi connectivity index (χ0v) is 17.6. The Hall–Kier alpha value is -3.35. The van der Waals surface area contributed by atoms with E-state index < -0.39 is 0 Å². The molecule has 0 aliphatic heterocycles. The number of rotatable bonds is 7. The minimum absolute atomic E-state index is 0.0148. The fourth-order valence-corrected chi connectivity index (χ4v) is 3.67. The molecule has 2 aromatic heterocycles. The van der Waals surface area contributed by atoms with Crippen LogP contribution in [0, 0.1) is 6.92 Å². The van der Waals surface area contributed by atoms with Gasteiger partial charge < -0.3 is 20.5 Å². The number of aromatic nitrogens is 2. The van der Waals surface area contributed by atoms with Crippen LogP contribution in [0.25, 0.3) is 10.9 Å². The van der Waals surface area contributed by atoms with Crippen LogP contribution in [0.2, 0.25) is 0 Å². The molecule has 0 radical (unpaired) electrons. The third kappa shape index (κ3) is 4.15. The lowest BCUT2D eigenvalue weighted by molar-refractivity contribution is -0.116. The van der Waals surface area contributed by atoms with E-state index in [4.69, 9.17) is 0 Å². The highest BCUT2D eigenvalue weighted by Crippen LogP contribution is 2.31. The summed E-state index contributed by atoms with van der Waals surface area (Å²) in [7, 11) is 0. The molecule has 1 aliphatic carbocycles. The Bertz CT molecular complexity index is 1100. The first-order chi connectivity index (χ1) is 14.5. The van der Waals surface area contributed by atoms with E-state index in [-0.39, 0.29) is 17.9 Å². The smallest absolute Gasteiger partial charge is 0.255 e. The lowest BCUT2D eigenvalue weighted by Gasteiger charge is -2.18. The number of benzene rings is 1. The van der Waals surface area contributed by atoms with Gasteiger partial charge in [-0.1, -0.05) is 6.07 Å². The van der Waals surface area contributed by atoms with Crippen LogP contribution >= 0.6 is 0 Å². The number of hydrogen-bond donors (Lipinski definition) is 3. The molecule has 7 heteroatoms. The van der Waals surface area contributed by atoms with Crippen LogP contribution in [-0.4, -0.2) is 34.4 Å². The maximum absolute atomic E-state index is 13.0. The van der Waals surface area contributed by atoms with E-state index in [1.807, 2.05) is 50.2 Å². The molecule has 0 spiro atoms. The van der Waals surface area contributed by atoms with Crippen molar-refractivity contribution in [3.8, 4) is 0 Å². The molecule has 7 nitrogen and oxygen atoms in total. The second kappa shape index (κ2) is 8.18. The van der Waals surface area contributed by atoms with Gasteiger partial charge in [-0.2, -0.15) is 0 Å². The lowest BCUT2D eigenvalue weighted by Crippen LogP contribution is -2.27. The number of hydrogen-bond acceptors (Lipinski definition) is 4. The van der Waals surface area contributed by atoms with E-state index >= 15 is 0 Å². The number of amides is 2. The van der Waals surface area contributed by atoms with E-state index in [0.717, 1.165) is 40.8 Å². The maximum atomic E-state index is 13.0. The molecule has 1 fully saturated rings. The van der Waals surface area contributed by atoms with E-state index in [2.05, 4.69) is 20.6 Å². The number of anilines is 2. The average molecular weight is 406 g/mol. The molecule has 1 aromatic carbocycles. The SMILES string of the molecule is CCN(C(C)=O)c1ccc2c(C(=O)NC3CC3)c(NCc3cccc(C)n3)[nH]c2c1. The van der Waals surface area contributed by atoms with E-state index in [1.54, 1.807) is 11.8 Å². The summed E-state index contributed by atoms with van der Waals surface area (Å²) >= 11 is 0. The predicted molar refractivity (Wildman–Crippen MR) is 119 cm³/mol. The number of fused-ring (bicyclic) bond motifs is 1. The monoisotopic (exact) mass is 405 g/mol. The van der Waals surface area contributed by atoms with Gasteiger partial charge in [0.15, 0.2) is 0 Å². The number of H-pyrrole nitrogens is 1. The van der Waals surface area contributed by atoms with Crippen LogP contribution in [0.1, 0.15) is 48.4 Å². The number of pyridine rings is 1. The number of nitrogens with one attached hydrogen (secondary N) is 3. The number of aryl methyl sites for hydroxylation is 1. The van der Waals surface area contributed by atoms with Crippen molar-refractivity contribution >= 4 is 34.2 Å². The second-order valence-corrected chi connectivity index (χ2v) is 7.74. The molecule has 0 saturated heterocycles. The van der Waals surface area contributed by atoms with E-state index in [0.29, 0.717) is 24.5 Å². The van der Waals surface area contributed by atoms with Crippen LogP contribution in [-0.2, 0) is 11.3 Å². The molecule has 3 N–H and O–H groups in total. The third-order valence-electron chi connectivity index (χ3n) is 5.32. The van der Waals surface area contributed by atoms with Crippen LogP contribution in [0.3, 0.4) is 0 Å². The highest BCUT2D eigenvalue weighted by molar-refractivity contribution is 6.12. The molecule has 0 atom stereocenters. The summed E-state index contributed by atoms with van der Waals surface area (Å²) in [5, 5.41) is 7.26. The van der Waals surface area contributed by atoms with Gasteiger partial charge in [0.1, 0.15) is 5.82 Å². The van der Waals surface area contributed by atoms with Gasteiger partial charge in [-0.15, -0.1) is 0 Å². The molecule has 2 heterocycles. The van der Waals surface area contributed by atoms with E-state index in [1.165, 1.54) is 0 Å². The fraction of sp³-hybridized carbons (Fsp3) is 0.348. The molecule has 0 bridgehead atoms. The zero-order chi connectivity index (χ0) is 21.3. The van der Waals surface area contributed by atoms with Crippen molar-refractivity contribution < 1.29 is 9.59 Å². The first kappa shape index (κ1) is 19.9. The Labute approximate surface area is 175 Å². The van der Waals surface area contributed by atoms with Gasteiger partial charge >= 0.3 is 0 Å². The summed E-state index contributed by atoms with van der Waals surface area (Å²) in [6, 6.07) is 11.9. The number of nitrogens with zero attached hydrogens (tertiary/aromatic N) is 2.